The Morgan fingerprint density at radius 1 is 1.14 bits per heavy atom. The fraction of sp³-hybridized carbons (Fsp3) is 0.440. The predicted octanol–water partition coefficient (Wildman–Crippen LogP) is 4.15. The first-order valence-corrected chi connectivity index (χ1v) is 13.7. The molecule has 188 valence electrons. The van der Waals surface area contributed by atoms with Crippen molar-refractivity contribution < 1.29 is 27.5 Å². The number of nitrogens with zero attached hydrogens (tertiary/aromatic N) is 1. The van der Waals surface area contributed by atoms with Gasteiger partial charge in [-0.3, -0.25) is 4.79 Å². The van der Waals surface area contributed by atoms with E-state index in [0.717, 1.165) is 27.4 Å². The number of carbonyl (C=O) groups excluding carboxylic acids is 2. The van der Waals surface area contributed by atoms with Crippen molar-refractivity contribution in [2.45, 2.75) is 54.9 Å². The first-order valence-electron chi connectivity index (χ1n) is 11.4. The number of rotatable bonds is 6. The number of hydrogen-bond acceptors (Lipinski definition) is 7. The van der Waals surface area contributed by atoms with E-state index < -0.39 is 27.1 Å². The lowest BCUT2D eigenvalue weighted by Gasteiger charge is -2.29. The molecular weight excluding hydrogens is 488 g/mol. The summed E-state index contributed by atoms with van der Waals surface area (Å²) in [5, 5.41) is 0. The van der Waals surface area contributed by atoms with Crippen LogP contribution in [0.3, 0.4) is 0 Å². The van der Waals surface area contributed by atoms with Gasteiger partial charge in [-0.2, -0.15) is 4.72 Å². The van der Waals surface area contributed by atoms with Gasteiger partial charge >= 0.3 is 12.1 Å². The Bertz CT molecular complexity index is 1250. The molecule has 0 bridgehead atoms. The van der Waals surface area contributed by atoms with Crippen molar-refractivity contribution in [3.63, 3.8) is 0 Å². The van der Waals surface area contributed by atoms with Gasteiger partial charge in [0.05, 0.1) is 7.11 Å². The standard InChI is InChI=1S/C25H30N2O6S2/c1-24(2,3)33-23(29)27-14-12-18(13-15-27)20-10-11-21(34-20)35(30,31)26-25(22(28)32-4)16-19(25)17-8-6-5-7-9-17/h5-12,19,26H,13-16H2,1-4H3/t19?,25-/m0/s1. The number of nitrogens with one attached hydrogen (secondary N) is 1. The number of esters is 1. The number of benzene rings is 1. The Morgan fingerprint density at radius 3 is 2.46 bits per heavy atom. The molecule has 1 aromatic carbocycles. The van der Waals surface area contributed by atoms with Crippen LogP contribution in [-0.2, 0) is 24.3 Å². The molecule has 1 aliphatic heterocycles. The van der Waals surface area contributed by atoms with Crippen LogP contribution in [0.4, 0.5) is 4.79 Å². The molecule has 0 spiro atoms. The zero-order chi connectivity index (χ0) is 25.4. The molecule has 1 aliphatic carbocycles. The molecule has 10 heteroatoms. The third-order valence-corrected chi connectivity index (χ3v) is 9.21. The molecule has 0 saturated heterocycles. The number of hydrogen-bond donors (Lipinski definition) is 1. The van der Waals surface area contributed by atoms with Gasteiger partial charge in [-0.15, -0.1) is 11.3 Å². The van der Waals surface area contributed by atoms with Crippen LogP contribution in [0.2, 0.25) is 0 Å². The molecule has 0 radical (unpaired) electrons. The lowest BCUT2D eigenvalue weighted by atomic mass is 10.1. The van der Waals surface area contributed by atoms with Crippen LogP contribution in [-0.4, -0.2) is 56.7 Å². The van der Waals surface area contributed by atoms with Gasteiger partial charge in [-0.05, 0) is 56.9 Å². The van der Waals surface area contributed by atoms with Crippen molar-refractivity contribution in [3.05, 3.63) is 59.0 Å². The molecular formula is C25H30N2O6S2. The molecule has 4 rings (SSSR count). The van der Waals surface area contributed by atoms with Crippen LogP contribution >= 0.6 is 11.3 Å². The van der Waals surface area contributed by atoms with Crippen molar-refractivity contribution in [3.8, 4) is 0 Å². The molecule has 1 aromatic heterocycles. The maximum absolute atomic E-state index is 13.3. The summed E-state index contributed by atoms with van der Waals surface area (Å²) in [6.07, 6.45) is 2.49. The van der Waals surface area contributed by atoms with E-state index >= 15 is 0 Å². The zero-order valence-corrected chi connectivity index (χ0v) is 21.9. The quantitative estimate of drug-likeness (QED) is 0.577. The maximum Gasteiger partial charge on any atom is 0.410 e. The van der Waals surface area contributed by atoms with Gasteiger partial charge in [0.1, 0.15) is 15.3 Å². The topological polar surface area (TPSA) is 102 Å². The van der Waals surface area contributed by atoms with Crippen LogP contribution in [0, 0.1) is 0 Å². The van der Waals surface area contributed by atoms with Gasteiger partial charge in [0.2, 0.25) is 0 Å². The summed E-state index contributed by atoms with van der Waals surface area (Å²) < 4.78 is 39.7. The van der Waals surface area contributed by atoms with E-state index in [1.165, 1.54) is 7.11 Å². The van der Waals surface area contributed by atoms with Gasteiger partial charge in [0, 0.05) is 23.9 Å². The number of methoxy groups -OCH3 is 1. The fourth-order valence-electron chi connectivity index (χ4n) is 4.23. The Hall–Kier alpha value is -2.69. The van der Waals surface area contributed by atoms with E-state index in [1.54, 1.807) is 17.0 Å². The molecule has 1 fully saturated rings. The molecule has 2 aliphatic rings. The first kappa shape index (κ1) is 25.4. The summed E-state index contributed by atoms with van der Waals surface area (Å²) >= 11 is 1.15. The summed E-state index contributed by atoms with van der Waals surface area (Å²) in [7, 11) is -2.70. The van der Waals surface area contributed by atoms with Crippen LogP contribution in [0.1, 0.15) is 50.0 Å². The summed E-state index contributed by atoms with van der Waals surface area (Å²) in [5.74, 6) is -0.880. The number of ether oxygens (including phenoxy) is 2. The highest BCUT2D eigenvalue weighted by molar-refractivity contribution is 7.91. The smallest absolute Gasteiger partial charge is 0.410 e. The van der Waals surface area contributed by atoms with Crippen molar-refractivity contribution in [1.29, 1.82) is 0 Å². The van der Waals surface area contributed by atoms with E-state index in [4.69, 9.17) is 9.47 Å². The number of carbonyl (C=O) groups is 2. The average Bonchev–Trinajstić information content (AvgIpc) is 3.29. The highest BCUT2D eigenvalue weighted by Crippen LogP contribution is 2.53. The second-order valence-corrected chi connectivity index (χ2v) is 12.8. The minimum absolute atomic E-state index is 0.130. The summed E-state index contributed by atoms with van der Waals surface area (Å²) in [6.45, 7) is 6.36. The van der Waals surface area contributed by atoms with E-state index in [-0.39, 0.29) is 16.2 Å². The average molecular weight is 519 g/mol. The normalized spacial score (nSPS) is 22.3. The van der Waals surface area contributed by atoms with Gasteiger partial charge in [0.25, 0.3) is 10.0 Å². The predicted molar refractivity (Wildman–Crippen MR) is 134 cm³/mol. The van der Waals surface area contributed by atoms with E-state index in [2.05, 4.69) is 4.72 Å². The minimum atomic E-state index is -3.96. The summed E-state index contributed by atoms with van der Waals surface area (Å²) in [6, 6.07) is 12.7. The maximum atomic E-state index is 13.3. The first-order chi connectivity index (χ1) is 16.4. The molecule has 1 amide bonds. The van der Waals surface area contributed by atoms with Gasteiger partial charge in [0.15, 0.2) is 0 Å². The minimum Gasteiger partial charge on any atom is -0.468 e. The van der Waals surface area contributed by atoms with Crippen molar-refractivity contribution in [2.24, 2.45) is 0 Å². The lowest BCUT2D eigenvalue weighted by Crippen LogP contribution is -2.45. The van der Waals surface area contributed by atoms with Crippen LogP contribution in [0.25, 0.3) is 5.57 Å². The number of sulfonamides is 1. The van der Waals surface area contributed by atoms with Gasteiger partial charge < -0.3 is 14.4 Å². The number of thiophene rings is 1. The van der Waals surface area contributed by atoms with Gasteiger partial charge in [-0.1, -0.05) is 36.4 Å². The Labute approximate surface area is 210 Å². The Balaban J connectivity index is 1.48. The molecule has 2 aromatic rings. The van der Waals surface area contributed by atoms with Gasteiger partial charge in [-0.25, -0.2) is 13.2 Å². The van der Waals surface area contributed by atoms with Crippen molar-refractivity contribution in [1.82, 2.24) is 9.62 Å². The monoisotopic (exact) mass is 518 g/mol. The molecule has 1 saturated carbocycles. The fourth-order valence-corrected chi connectivity index (χ4v) is 7.00. The zero-order valence-electron chi connectivity index (χ0n) is 20.2. The second-order valence-electron chi connectivity index (χ2n) is 9.76. The van der Waals surface area contributed by atoms with Crippen LogP contribution in [0.5, 0.6) is 0 Å². The highest BCUT2D eigenvalue weighted by atomic mass is 32.2. The largest absolute Gasteiger partial charge is 0.468 e. The van der Waals surface area contributed by atoms with E-state index in [1.807, 2.05) is 57.2 Å². The third-order valence-electron chi connectivity index (χ3n) is 6.05. The number of amides is 1. The van der Waals surface area contributed by atoms with Crippen molar-refractivity contribution in [2.75, 3.05) is 20.2 Å². The van der Waals surface area contributed by atoms with E-state index in [9.17, 15) is 18.0 Å². The Kier molecular flexibility index (Phi) is 6.82. The summed E-state index contributed by atoms with van der Waals surface area (Å²) in [5.41, 5.74) is -0.00733. The Morgan fingerprint density at radius 2 is 1.86 bits per heavy atom. The molecule has 35 heavy (non-hydrogen) atoms. The highest BCUT2D eigenvalue weighted by Gasteiger charge is 2.64. The molecule has 2 heterocycles. The molecule has 1 N–H and O–H groups in total. The van der Waals surface area contributed by atoms with Crippen LogP contribution < -0.4 is 4.72 Å². The summed E-state index contributed by atoms with van der Waals surface area (Å²) in [4.78, 5) is 27.3. The van der Waals surface area contributed by atoms with Crippen LogP contribution in [0.15, 0.2) is 52.7 Å². The second kappa shape index (κ2) is 9.40. The van der Waals surface area contributed by atoms with Crippen molar-refractivity contribution >= 4 is 39.0 Å². The third kappa shape index (κ3) is 5.44. The molecule has 8 nitrogen and oxygen atoms in total. The van der Waals surface area contributed by atoms with E-state index in [0.29, 0.717) is 25.9 Å². The molecule has 2 atom stereocenters. The SMILES string of the molecule is COC(=O)[C@]1(NS(=O)(=O)c2ccc(C3=CCN(C(=O)OC(C)(C)C)CC3)s2)CC1c1ccccc1. The molecule has 1 unspecified atom stereocenters. The lowest BCUT2D eigenvalue weighted by molar-refractivity contribution is -0.144.